The van der Waals surface area contributed by atoms with Crippen LogP contribution in [0.5, 0.6) is 5.75 Å². The Bertz CT molecular complexity index is 1340. The van der Waals surface area contributed by atoms with Crippen molar-refractivity contribution in [2.24, 2.45) is 5.92 Å². The fourth-order valence-corrected chi connectivity index (χ4v) is 5.02. The van der Waals surface area contributed by atoms with Gasteiger partial charge in [-0.1, -0.05) is 66.7 Å². The van der Waals surface area contributed by atoms with Gasteiger partial charge in [-0.15, -0.1) is 0 Å². The number of ketones is 1. The summed E-state index contributed by atoms with van der Waals surface area (Å²) in [6, 6.07) is 21.0. The zero-order chi connectivity index (χ0) is 20.1. The summed E-state index contributed by atoms with van der Waals surface area (Å²) in [7, 11) is 0. The third kappa shape index (κ3) is 2.75. The number of fused-ring (bicyclic) bond motifs is 6. The summed E-state index contributed by atoms with van der Waals surface area (Å²) in [4.78, 5) is 13.3. The van der Waals surface area contributed by atoms with Gasteiger partial charge in [-0.3, -0.25) is 4.79 Å². The number of aryl methyl sites for hydroxylation is 1. The molecule has 0 bridgehead atoms. The zero-order valence-corrected chi connectivity index (χ0v) is 16.7. The van der Waals surface area contributed by atoms with E-state index in [9.17, 15) is 4.79 Å². The zero-order valence-electron chi connectivity index (χ0n) is 16.7. The van der Waals surface area contributed by atoms with Crippen LogP contribution in [0.2, 0.25) is 0 Å². The van der Waals surface area contributed by atoms with Crippen molar-refractivity contribution in [2.75, 3.05) is 6.61 Å². The standard InChI is InChI=1S/C28H22O2/c29-28(22-15-20-6-2-4-8-27(20)30-17-22)21-10-9-19-12-13-24-23-7-3-1-5-18(23)11-14-25(24)26(19)16-21/h1-8,12-16,21H,9-11,17H2. The Morgan fingerprint density at radius 1 is 0.867 bits per heavy atom. The van der Waals surface area contributed by atoms with Crippen molar-refractivity contribution < 1.29 is 9.53 Å². The summed E-state index contributed by atoms with van der Waals surface area (Å²) >= 11 is 0. The Kier molecular flexibility index (Phi) is 3.98. The first-order chi connectivity index (χ1) is 14.8. The summed E-state index contributed by atoms with van der Waals surface area (Å²) in [6.07, 6.45) is 9.30. The molecular weight excluding hydrogens is 368 g/mol. The highest BCUT2D eigenvalue weighted by Crippen LogP contribution is 2.29. The molecule has 146 valence electrons. The molecule has 2 aliphatic carbocycles. The highest BCUT2D eigenvalue weighted by Gasteiger charge is 2.26. The number of Topliss-reactive ketones (excluding diaryl/α,β-unsaturated/α-hetero) is 1. The van der Waals surface area contributed by atoms with Gasteiger partial charge in [0.25, 0.3) is 0 Å². The highest BCUT2D eigenvalue weighted by molar-refractivity contribution is 6.05. The predicted octanol–water partition coefficient (Wildman–Crippen LogP) is 4.08. The van der Waals surface area contributed by atoms with Gasteiger partial charge < -0.3 is 4.74 Å². The van der Waals surface area contributed by atoms with Gasteiger partial charge in [0.05, 0.1) is 0 Å². The maximum atomic E-state index is 13.3. The van der Waals surface area contributed by atoms with E-state index >= 15 is 0 Å². The van der Waals surface area contributed by atoms with Crippen LogP contribution in [-0.2, 0) is 17.6 Å². The Labute approximate surface area is 175 Å². The second-order valence-corrected chi connectivity index (χ2v) is 8.34. The molecule has 3 aromatic carbocycles. The fraction of sp³-hybridized carbons (Fsp3) is 0.179. The van der Waals surface area contributed by atoms with Crippen LogP contribution in [0.3, 0.4) is 0 Å². The number of carbonyl (C=O) groups is 1. The molecule has 0 N–H and O–H groups in total. The molecule has 0 radical (unpaired) electrons. The lowest BCUT2D eigenvalue weighted by atomic mass is 9.82. The van der Waals surface area contributed by atoms with E-state index < -0.39 is 0 Å². The molecule has 0 saturated carbocycles. The van der Waals surface area contributed by atoms with Gasteiger partial charge in [-0.05, 0) is 64.1 Å². The highest BCUT2D eigenvalue weighted by atomic mass is 16.5. The Balaban J connectivity index is 1.42. The van der Waals surface area contributed by atoms with Gasteiger partial charge in [0.1, 0.15) is 12.4 Å². The van der Waals surface area contributed by atoms with Crippen molar-refractivity contribution in [2.45, 2.75) is 19.3 Å². The topological polar surface area (TPSA) is 26.3 Å². The molecule has 0 aromatic heterocycles. The molecule has 1 heterocycles. The number of benzene rings is 3. The van der Waals surface area contributed by atoms with Crippen LogP contribution in [-0.4, -0.2) is 12.4 Å². The summed E-state index contributed by atoms with van der Waals surface area (Å²) in [5.74, 6) is 0.966. The van der Waals surface area contributed by atoms with Crippen molar-refractivity contribution in [3.8, 4) is 16.9 Å². The van der Waals surface area contributed by atoms with Crippen LogP contribution in [0.15, 0.2) is 66.2 Å². The molecule has 0 spiro atoms. The SMILES string of the molecule is O=C(C1=Cc2ccccc2OC1)C1C=c2c(ccc3c2=CCc2ccccc2-3)CC1. The second-order valence-electron chi connectivity index (χ2n) is 8.34. The molecule has 30 heavy (non-hydrogen) atoms. The molecule has 1 aliphatic heterocycles. The Morgan fingerprint density at radius 2 is 1.73 bits per heavy atom. The van der Waals surface area contributed by atoms with Gasteiger partial charge in [0.15, 0.2) is 5.78 Å². The van der Waals surface area contributed by atoms with Crippen LogP contribution < -0.4 is 15.2 Å². The Hall–Kier alpha value is -3.39. The molecule has 3 aromatic rings. The molecule has 6 rings (SSSR count). The van der Waals surface area contributed by atoms with Gasteiger partial charge in [-0.25, -0.2) is 0 Å². The first-order valence-corrected chi connectivity index (χ1v) is 10.7. The molecule has 2 nitrogen and oxygen atoms in total. The van der Waals surface area contributed by atoms with Gasteiger partial charge in [0.2, 0.25) is 0 Å². The van der Waals surface area contributed by atoms with Crippen LogP contribution >= 0.6 is 0 Å². The van der Waals surface area contributed by atoms with Crippen molar-refractivity contribution >= 4 is 24.0 Å². The predicted molar refractivity (Wildman–Crippen MR) is 120 cm³/mol. The fourth-order valence-electron chi connectivity index (χ4n) is 5.02. The van der Waals surface area contributed by atoms with Crippen LogP contribution in [0.25, 0.3) is 29.4 Å². The quantitative estimate of drug-likeness (QED) is 0.659. The molecule has 1 unspecified atom stereocenters. The van der Waals surface area contributed by atoms with Crippen LogP contribution in [0.1, 0.15) is 23.1 Å². The monoisotopic (exact) mass is 390 g/mol. The summed E-state index contributed by atoms with van der Waals surface area (Å²) in [6.45, 7) is 0.361. The molecule has 3 aliphatic rings. The van der Waals surface area contributed by atoms with E-state index in [-0.39, 0.29) is 11.7 Å². The number of hydrogen-bond acceptors (Lipinski definition) is 2. The van der Waals surface area contributed by atoms with Gasteiger partial charge in [-0.2, -0.15) is 0 Å². The lowest BCUT2D eigenvalue weighted by molar-refractivity contribution is -0.118. The van der Waals surface area contributed by atoms with E-state index in [1.54, 1.807) is 0 Å². The van der Waals surface area contributed by atoms with Crippen LogP contribution in [0.4, 0.5) is 0 Å². The Morgan fingerprint density at radius 3 is 2.70 bits per heavy atom. The normalized spacial score (nSPS) is 18.3. The number of hydrogen-bond donors (Lipinski definition) is 0. The van der Waals surface area contributed by atoms with Crippen LogP contribution in [0, 0.1) is 5.92 Å². The van der Waals surface area contributed by atoms with E-state index in [1.807, 2.05) is 30.3 Å². The number of ether oxygens (including phenoxy) is 1. The maximum absolute atomic E-state index is 13.3. The molecule has 2 heteroatoms. The number of carbonyl (C=O) groups excluding carboxylic acids is 1. The minimum absolute atomic E-state index is 0.0883. The average Bonchev–Trinajstić information content (AvgIpc) is 2.82. The smallest absolute Gasteiger partial charge is 0.169 e. The van der Waals surface area contributed by atoms with E-state index in [2.05, 4.69) is 48.6 Å². The van der Waals surface area contributed by atoms with E-state index in [0.717, 1.165) is 36.1 Å². The number of rotatable bonds is 2. The largest absolute Gasteiger partial charge is 0.488 e. The average molecular weight is 390 g/mol. The molecular formula is C28H22O2. The van der Waals surface area contributed by atoms with Crippen molar-refractivity contribution in [1.82, 2.24) is 0 Å². The third-order valence-corrected chi connectivity index (χ3v) is 6.59. The van der Waals surface area contributed by atoms with Crippen molar-refractivity contribution in [3.63, 3.8) is 0 Å². The minimum atomic E-state index is -0.0883. The van der Waals surface area contributed by atoms with E-state index in [4.69, 9.17) is 4.74 Å². The first kappa shape index (κ1) is 17.5. The summed E-state index contributed by atoms with van der Waals surface area (Å²) in [5.41, 5.74) is 7.10. The lowest BCUT2D eigenvalue weighted by Crippen LogP contribution is -2.37. The third-order valence-electron chi connectivity index (χ3n) is 6.59. The molecule has 0 saturated heterocycles. The van der Waals surface area contributed by atoms with Gasteiger partial charge in [0, 0.05) is 17.1 Å². The first-order valence-electron chi connectivity index (χ1n) is 10.7. The molecule has 0 amide bonds. The van der Waals surface area contributed by atoms with Gasteiger partial charge >= 0.3 is 0 Å². The maximum Gasteiger partial charge on any atom is 0.169 e. The molecule has 1 atom stereocenters. The van der Waals surface area contributed by atoms with Crippen molar-refractivity contribution in [1.29, 1.82) is 0 Å². The summed E-state index contributed by atoms with van der Waals surface area (Å²) in [5, 5.41) is 2.55. The second kappa shape index (κ2) is 6.84. The minimum Gasteiger partial charge on any atom is -0.488 e. The summed E-state index contributed by atoms with van der Waals surface area (Å²) < 4.78 is 5.84. The lowest BCUT2D eigenvalue weighted by Gasteiger charge is -2.23. The van der Waals surface area contributed by atoms with E-state index in [0.29, 0.717) is 6.61 Å². The van der Waals surface area contributed by atoms with Crippen molar-refractivity contribution in [3.05, 3.63) is 93.4 Å². The molecule has 0 fully saturated rings. The van der Waals surface area contributed by atoms with E-state index in [1.165, 1.54) is 32.7 Å². The number of para-hydroxylation sites is 1.